The molecule has 1 saturated heterocycles. The van der Waals surface area contributed by atoms with Crippen molar-refractivity contribution in [2.24, 2.45) is 0 Å². The monoisotopic (exact) mass is 435 g/mol. The molecule has 2 fully saturated rings. The van der Waals surface area contributed by atoms with Gasteiger partial charge in [0.1, 0.15) is 5.54 Å². The minimum atomic E-state index is -0.691. The molecule has 2 aromatic carbocycles. The number of nitrogens with zero attached hydrogens (tertiary/aromatic N) is 2. The maximum Gasteiger partial charge on any atom is 0.326 e. The number of imide groups is 1. The van der Waals surface area contributed by atoms with Crippen LogP contribution in [0.3, 0.4) is 0 Å². The van der Waals surface area contributed by atoms with Crippen LogP contribution in [-0.2, 0) is 11.2 Å². The predicted molar refractivity (Wildman–Crippen MR) is 120 cm³/mol. The number of urea groups is 1. The number of amides is 3. The molecule has 3 amide bonds. The van der Waals surface area contributed by atoms with Gasteiger partial charge in [0, 0.05) is 6.54 Å². The van der Waals surface area contributed by atoms with Gasteiger partial charge >= 0.3 is 6.03 Å². The lowest BCUT2D eigenvalue weighted by molar-refractivity contribution is -0.132. The quantitative estimate of drug-likeness (QED) is 0.729. The van der Waals surface area contributed by atoms with Crippen molar-refractivity contribution in [1.29, 1.82) is 0 Å². The molecule has 1 aliphatic carbocycles. The second-order valence-corrected chi connectivity index (χ2v) is 8.88. The molecule has 7 heteroatoms. The Morgan fingerprint density at radius 1 is 1.03 bits per heavy atom. The summed E-state index contributed by atoms with van der Waals surface area (Å²) < 4.78 is 11.1. The molecule has 168 valence electrons. The van der Waals surface area contributed by atoms with E-state index < -0.39 is 5.54 Å². The lowest BCUT2D eigenvalue weighted by Crippen LogP contribution is -2.48. The zero-order chi connectivity index (χ0) is 22.3. The second-order valence-electron chi connectivity index (χ2n) is 8.88. The fourth-order valence-corrected chi connectivity index (χ4v) is 5.48. The molecule has 2 heterocycles. The van der Waals surface area contributed by atoms with Crippen molar-refractivity contribution in [3.8, 4) is 11.5 Å². The van der Waals surface area contributed by atoms with Crippen LogP contribution in [0, 0.1) is 0 Å². The molecule has 3 aliphatic rings. The van der Waals surface area contributed by atoms with E-state index in [0.717, 1.165) is 49.8 Å². The minimum Gasteiger partial charge on any atom is -0.493 e. The summed E-state index contributed by atoms with van der Waals surface area (Å²) >= 11 is 0. The molecule has 0 radical (unpaired) electrons. The maximum absolute atomic E-state index is 13.3. The number of methoxy groups -OCH3 is 2. The first kappa shape index (κ1) is 20.8. The fraction of sp³-hybridized carbons (Fsp3) is 0.440. The average Bonchev–Trinajstić information content (AvgIpc) is 3.38. The second kappa shape index (κ2) is 8.13. The van der Waals surface area contributed by atoms with E-state index in [-0.39, 0.29) is 24.6 Å². The summed E-state index contributed by atoms with van der Waals surface area (Å²) in [7, 11) is 3.28. The van der Waals surface area contributed by atoms with Gasteiger partial charge in [-0.3, -0.25) is 9.69 Å². The highest BCUT2D eigenvalue weighted by Gasteiger charge is 2.53. The summed E-state index contributed by atoms with van der Waals surface area (Å²) in [5.74, 6) is 1.31. The van der Waals surface area contributed by atoms with Gasteiger partial charge in [0.15, 0.2) is 11.5 Å². The van der Waals surface area contributed by atoms with Crippen LogP contribution in [0.4, 0.5) is 4.79 Å². The Kier molecular flexibility index (Phi) is 5.29. The highest BCUT2D eigenvalue weighted by atomic mass is 16.5. The summed E-state index contributed by atoms with van der Waals surface area (Å²) in [5, 5.41) is 3.00. The van der Waals surface area contributed by atoms with Crippen molar-refractivity contribution in [1.82, 2.24) is 15.1 Å². The van der Waals surface area contributed by atoms with E-state index >= 15 is 0 Å². The van der Waals surface area contributed by atoms with Crippen LogP contribution in [0.25, 0.3) is 0 Å². The van der Waals surface area contributed by atoms with Crippen molar-refractivity contribution in [2.75, 3.05) is 27.4 Å². The third-order valence-electron chi connectivity index (χ3n) is 7.11. The molecule has 1 spiro atoms. The van der Waals surface area contributed by atoms with Crippen molar-refractivity contribution in [3.05, 3.63) is 59.2 Å². The van der Waals surface area contributed by atoms with Crippen LogP contribution in [0.1, 0.15) is 48.4 Å². The number of benzene rings is 2. The molecule has 1 atom stereocenters. The summed E-state index contributed by atoms with van der Waals surface area (Å²) in [4.78, 5) is 29.7. The molecule has 7 nitrogen and oxygen atoms in total. The van der Waals surface area contributed by atoms with Gasteiger partial charge in [-0.2, -0.15) is 0 Å². The van der Waals surface area contributed by atoms with Gasteiger partial charge < -0.3 is 14.8 Å². The summed E-state index contributed by atoms with van der Waals surface area (Å²) in [6.07, 6.45) is 4.22. The van der Waals surface area contributed by atoms with E-state index in [1.165, 1.54) is 10.5 Å². The molecule has 1 unspecified atom stereocenters. The smallest absolute Gasteiger partial charge is 0.326 e. The van der Waals surface area contributed by atoms with Crippen LogP contribution >= 0.6 is 0 Å². The van der Waals surface area contributed by atoms with Gasteiger partial charge in [0.25, 0.3) is 5.91 Å². The first-order valence-electron chi connectivity index (χ1n) is 11.2. The molecule has 0 bridgehead atoms. The number of fused-ring (bicyclic) bond motifs is 1. The molecule has 2 aromatic rings. The van der Waals surface area contributed by atoms with Crippen LogP contribution < -0.4 is 14.8 Å². The third kappa shape index (κ3) is 3.32. The first-order chi connectivity index (χ1) is 15.6. The lowest BCUT2D eigenvalue weighted by atomic mass is 9.88. The number of carbonyl (C=O) groups is 2. The van der Waals surface area contributed by atoms with E-state index in [1.54, 1.807) is 14.2 Å². The highest BCUT2D eigenvalue weighted by Crippen LogP contribution is 2.42. The van der Waals surface area contributed by atoms with Crippen LogP contribution in [-0.4, -0.2) is 54.7 Å². The van der Waals surface area contributed by atoms with Gasteiger partial charge in [-0.25, -0.2) is 9.69 Å². The molecule has 2 aliphatic heterocycles. The topological polar surface area (TPSA) is 71.1 Å². The molecule has 1 N–H and O–H groups in total. The summed E-state index contributed by atoms with van der Waals surface area (Å²) in [5.41, 5.74) is 2.73. The Hall–Kier alpha value is -3.06. The molecule has 1 saturated carbocycles. The number of ether oxygens (including phenoxy) is 2. The third-order valence-corrected chi connectivity index (χ3v) is 7.11. The van der Waals surface area contributed by atoms with Crippen molar-refractivity contribution >= 4 is 11.9 Å². The average molecular weight is 436 g/mol. The van der Waals surface area contributed by atoms with Gasteiger partial charge in [-0.05, 0) is 48.1 Å². The van der Waals surface area contributed by atoms with Gasteiger partial charge in [0.05, 0.1) is 26.9 Å². The number of carbonyl (C=O) groups excluding carboxylic acids is 2. The number of hydrogen-bond acceptors (Lipinski definition) is 5. The Morgan fingerprint density at radius 2 is 1.72 bits per heavy atom. The summed E-state index contributed by atoms with van der Waals surface area (Å²) in [6.45, 7) is 0.992. The van der Waals surface area contributed by atoms with Gasteiger partial charge in [-0.15, -0.1) is 0 Å². The minimum absolute atomic E-state index is 0.0788. The first-order valence-corrected chi connectivity index (χ1v) is 11.2. The SMILES string of the molecule is COc1cc2c(cc1OC)C(c1ccccc1)N(CN1C(=O)NC3(CCCC3)C1=O)CC2. The van der Waals surface area contributed by atoms with E-state index in [0.29, 0.717) is 11.5 Å². The van der Waals surface area contributed by atoms with Gasteiger partial charge in [-0.1, -0.05) is 43.2 Å². The Bertz CT molecular complexity index is 1030. The Morgan fingerprint density at radius 3 is 2.41 bits per heavy atom. The van der Waals surface area contributed by atoms with E-state index in [2.05, 4.69) is 22.3 Å². The largest absolute Gasteiger partial charge is 0.493 e. The Balaban J connectivity index is 1.51. The Labute approximate surface area is 188 Å². The van der Waals surface area contributed by atoms with E-state index in [9.17, 15) is 9.59 Å². The molecular formula is C25H29N3O4. The lowest BCUT2D eigenvalue weighted by Gasteiger charge is -2.39. The number of nitrogens with one attached hydrogen (secondary N) is 1. The van der Waals surface area contributed by atoms with Crippen LogP contribution in [0.5, 0.6) is 11.5 Å². The summed E-state index contributed by atoms with van der Waals surface area (Å²) in [6, 6.07) is 13.9. The maximum atomic E-state index is 13.3. The number of rotatable bonds is 5. The van der Waals surface area contributed by atoms with Gasteiger partial charge in [0.2, 0.25) is 0 Å². The molecule has 5 rings (SSSR count). The normalized spacial score (nSPS) is 22.2. The van der Waals surface area contributed by atoms with E-state index in [4.69, 9.17) is 9.47 Å². The standard InChI is InChI=1S/C25H29N3O4/c1-31-20-14-18-10-13-27(16-28-23(29)25(26-24(28)30)11-6-7-12-25)22(17-8-4-3-5-9-17)19(18)15-21(20)32-2/h3-5,8-9,14-15,22H,6-7,10-13,16H2,1-2H3,(H,26,30). The van der Waals surface area contributed by atoms with Crippen molar-refractivity contribution in [3.63, 3.8) is 0 Å². The van der Waals surface area contributed by atoms with Crippen LogP contribution in [0.2, 0.25) is 0 Å². The van der Waals surface area contributed by atoms with E-state index in [1.807, 2.05) is 30.3 Å². The van der Waals surface area contributed by atoms with Crippen molar-refractivity contribution in [2.45, 2.75) is 43.7 Å². The fourth-order valence-electron chi connectivity index (χ4n) is 5.48. The predicted octanol–water partition coefficient (Wildman–Crippen LogP) is 3.47. The highest BCUT2D eigenvalue weighted by molar-refractivity contribution is 6.07. The zero-order valence-electron chi connectivity index (χ0n) is 18.6. The van der Waals surface area contributed by atoms with Crippen molar-refractivity contribution < 1.29 is 19.1 Å². The zero-order valence-corrected chi connectivity index (χ0v) is 18.6. The molecule has 32 heavy (non-hydrogen) atoms. The molecule has 0 aromatic heterocycles. The number of hydrogen-bond donors (Lipinski definition) is 1. The van der Waals surface area contributed by atoms with Crippen LogP contribution in [0.15, 0.2) is 42.5 Å². The molecular weight excluding hydrogens is 406 g/mol.